The number of fused-ring (bicyclic) bond motifs is 7. The molecule has 2 aliphatic rings. The SMILES string of the molecule is Cc1cc(N(c2ccc(C(C)(C)C)cc2)c2ccc(C(C)(C)C)cc2)cc(N(c2ccc(C(C)(C)C)cc2)c2csc3ccc(C(C)(C)C)cc23)c1.Cc1cc2c3c(c1)N(c1ccc(C(C)(C)C)cc1)c1c(sc4ccc(C(C)(C)C)cc14)B3c1cc(C(C)(C)C)ccc1N2c1ccc(C(C)(C)C)cc1. The van der Waals surface area contributed by atoms with Crippen molar-refractivity contribution in [3.8, 4) is 0 Å². The molecule has 4 heterocycles. The topological polar surface area (TPSA) is 13.0 Å². The average molecular weight is 1420 g/mol. The van der Waals surface area contributed by atoms with Crippen molar-refractivity contribution in [3.63, 3.8) is 0 Å². The Morgan fingerprint density at radius 1 is 0.295 bits per heavy atom. The van der Waals surface area contributed by atoms with E-state index in [1.165, 1.54) is 131 Å². The molecule has 2 aliphatic heterocycles. The Labute approximate surface area is 639 Å². The molecule has 12 aromatic rings. The lowest BCUT2D eigenvalue weighted by Gasteiger charge is -2.44. The maximum atomic E-state index is 2.61. The molecule has 0 N–H and O–H groups in total. The Balaban J connectivity index is 0.000000186. The average Bonchev–Trinajstić information content (AvgIpc) is 1.68. The summed E-state index contributed by atoms with van der Waals surface area (Å²) in [5.74, 6) is 0. The third kappa shape index (κ3) is 14.8. The number of hydrogen-bond acceptors (Lipinski definition) is 6. The van der Waals surface area contributed by atoms with Crippen molar-refractivity contribution in [1.29, 1.82) is 0 Å². The highest BCUT2D eigenvalue weighted by Crippen LogP contribution is 2.52. The highest BCUT2D eigenvalue weighted by atomic mass is 32.1. The molecule has 0 atom stereocenters. The predicted octanol–water partition coefficient (Wildman–Crippen LogP) is 27.8. The van der Waals surface area contributed by atoms with E-state index in [4.69, 9.17) is 0 Å². The van der Waals surface area contributed by atoms with E-state index in [1.807, 2.05) is 22.7 Å². The quantitative estimate of drug-likeness (QED) is 0.141. The molecule has 7 heteroatoms. The van der Waals surface area contributed by atoms with Gasteiger partial charge in [0.25, 0.3) is 6.71 Å². The summed E-state index contributed by atoms with van der Waals surface area (Å²) in [6, 6.07) is 79.6. The van der Waals surface area contributed by atoms with Gasteiger partial charge in [0.2, 0.25) is 0 Å². The van der Waals surface area contributed by atoms with Gasteiger partial charge in [0.05, 0.1) is 11.4 Å². The molecule has 0 fully saturated rings. The van der Waals surface area contributed by atoms with Crippen LogP contribution < -0.4 is 35.3 Å². The summed E-state index contributed by atoms with van der Waals surface area (Å²) < 4.78 is 4.07. The maximum Gasteiger partial charge on any atom is 0.264 e. The fraction of sp³-hybridized carbons (Fsp3) is 0.347. The van der Waals surface area contributed by atoms with Crippen LogP contribution in [-0.4, -0.2) is 6.71 Å². The third-order valence-electron chi connectivity index (χ3n) is 21.7. The molecule has 0 aliphatic carbocycles. The number of thiophene rings is 2. The molecular weight excluding hydrogens is 1310 g/mol. The number of aryl methyl sites for hydroxylation is 2. The van der Waals surface area contributed by atoms with Crippen molar-refractivity contribution >= 4 is 134 Å². The standard InChI is InChI=1S/C49H55BN2S.C49H58N2S/c1-30-26-40-43-41(27-30)52(36-22-16-32(17-23-36)47(5,6)7)44-37-28-33(48(8,9)10)19-25-42(37)53-45(44)50(43)38-29-34(49(11,12)13)18-24-39(38)51(40)35-20-14-31(15-21-35)46(2,3)4;1-33-28-41(50(38-21-14-34(15-22-38)46(2,3)4)39-23-16-35(17-24-39)47(5,6)7)31-42(29-33)51(40-25-18-36(19-26-40)48(8,9)10)44-32-52-45-27-20-37(30-43(44)45)49(11,12)13/h14-29H,1-13H3;14-32H,1-13H3. The molecule has 10 aromatic carbocycles. The molecule has 2 aromatic heterocycles. The van der Waals surface area contributed by atoms with E-state index in [2.05, 4.69) is 411 Å². The number of rotatable bonds is 8. The van der Waals surface area contributed by atoms with E-state index in [-0.39, 0.29) is 50.0 Å². The van der Waals surface area contributed by atoms with Crippen LogP contribution in [0.1, 0.15) is 222 Å². The van der Waals surface area contributed by atoms with E-state index in [1.54, 1.807) is 0 Å². The Morgan fingerprint density at radius 2 is 0.638 bits per heavy atom. The first-order chi connectivity index (χ1) is 48.9. The molecule has 0 bridgehead atoms. The van der Waals surface area contributed by atoms with Gasteiger partial charge in [-0.3, -0.25) is 0 Å². The normalized spacial score (nSPS) is 13.6. The molecule has 0 saturated carbocycles. The third-order valence-corrected chi connectivity index (χ3v) is 23.9. The van der Waals surface area contributed by atoms with Gasteiger partial charge in [-0.1, -0.05) is 251 Å². The van der Waals surface area contributed by atoms with Crippen LogP contribution in [0.5, 0.6) is 0 Å². The van der Waals surface area contributed by atoms with E-state index < -0.39 is 0 Å². The number of benzene rings is 10. The minimum Gasteiger partial charge on any atom is -0.311 e. The first-order valence-electron chi connectivity index (χ1n) is 38.1. The maximum absolute atomic E-state index is 2.61. The summed E-state index contributed by atoms with van der Waals surface area (Å²) in [6.45, 7) is 59.8. The van der Waals surface area contributed by atoms with E-state index in [0.717, 1.165) is 28.4 Å². The first kappa shape index (κ1) is 74.7. The van der Waals surface area contributed by atoms with E-state index in [0.29, 0.717) is 0 Å². The minimum absolute atomic E-state index is 0.0186. The van der Waals surface area contributed by atoms with Crippen LogP contribution in [0.15, 0.2) is 212 Å². The smallest absolute Gasteiger partial charge is 0.264 e. The van der Waals surface area contributed by atoms with Crippen molar-refractivity contribution in [2.24, 2.45) is 0 Å². The van der Waals surface area contributed by atoms with Gasteiger partial charge in [-0.15, -0.1) is 22.7 Å². The Morgan fingerprint density at radius 3 is 1.08 bits per heavy atom. The van der Waals surface area contributed by atoms with Gasteiger partial charge in [-0.25, -0.2) is 0 Å². The second-order valence-corrected chi connectivity index (χ2v) is 40.4. The predicted molar refractivity (Wildman–Crippen MR) is 466 cm³/mol. The second-order valence-electron chi connectivity index (χ2n) is 38.4. The molecule has 4 nitrogen and oxygen atoms in total. The van der Waals surface area contributed by atoms with Crippen molar-refractivity contribution < 1.29 is 0 Å². The van der Waals surface area contributed by atoms with Gasteiger partial charge in [0, 0.05) is 87.2 Å². The van der Waals surface area contributed by atoms with Gasteiger partial charge in [-0.05, 0) is 245 Å². The highest BCUT2D eigenvalue weighted by molar-refractivity contribution is 7.33. The summed E-state index contributed by atoms with van der Waals surface area (Å²) in [7, 11) is 0. The van der Waals surface area contributed by atoms with Gasteiger partial charge in [-0.2, -0.15) is 0 Å². The minimum atomic E-state index is 0.0186. The van der Waals surface area contributed by atoms with Gasteiger partial charge in [0.1, 0.15) is 0 Å². The lowest BCUT2D eigenvalue weighted by atomic mass is 9.36. The zero-order chi connectivity index (χ0) is 75.8. The van der Waals surface area contributed by atoms with Crippen LogP contribution in [-0.2, 0) is 43.3 Å². The van der Waals surface area contributed by atoms with Crippen LogP contribution in [0.3, 0.4) is 0 Å². The van der Waals surface area contributed by atoms with E-state index in [9.17, 15) is 0 Å². The fourth-order valence-electron chi connectivity index (χ4n) is 15.2. The Hall–Kier alpha value is -8.62. The highest BCUT2D eigenvalue weighted by Gasteiger charge is 2.46. The zero-order valence-electron chi connectivity index (χ0n) is 67.9. The molecule has 14 rings (SSSR count). The van der Waals surface area contributed by atoms with Gasteiger partial charge < -0.3 is 19.6 Å². The summed E-state index contributed by atoms with van der Waals surface area (Å²) >= 11 is 3.81. The first-order valence-corrected chi connectivity index (χ1v) is 39.8. The number of hydrogen-bond donors (Lipinski definition) is 0. The fourth-order valence-corrected chi connectivity index (χ4v) is 17.4. The van der Waals surface area contributed by atoms with Gasteiger partial charge in [0.15, 0.2) is 0 Å². The van der Waals surface area contributed by atoms with Crippen LogP contribution in [0.4, 0.5) is 68.2 Å². The molecule has 0 saturated heterocycles. The summed E-state index contributed by atoms with van der Waals surface area (Å²) in [5, 5.41) is 4.97. The molecule has 0 amide bonds. The zero-order valence-corrected chi connectivity index (χ0v) is 69.5. The lowest BCUT2D eigenvalue weighted by Crippen LogP contribution is -2.60. The summed E-state index contributed by atoms with van der Waals surface area (Å²) in [6.07, 6.45) is 0. The van der Waals surface area contributed by atoms with Crippen molar-refractivity contribution in [2.45, 2.75) is 223 Å². The van der Waals surface area contributed by atoms with Crippen molar-refractivity contribution in [3.05, 3.63) is 267 Å². The molecule has 0 radical (unpaired) electrons. The second kappa shape index (κ2) is 26.7. The van der Waals surface area contributed by atoms with E-state index >= 15 is 0 Å². The Bertz CT molecular complexity index is 5150. The van der Waals surface area contributed by atoms with Crippen LogP contribution in [0.2, 0.25) is 0 Å². The monoisotopic (exact) mass is 1420 g/mol. The van der Waals surface area contributed by atoms with Crippen molar-refractivity contribution in [2.75, 3.05) is 19.6 Å². The summed E-state index contributed by atoms with van der Waals surface area (Å²) in [5.41, 5.74) is 31.0. The van der Waals surface area contributed by atoms with Crippen LogP contribution >= 0.6 is 22.7 Å². The molecule has 0 unspecified atom stereocenters. The Kier molecular flexibility index (Phi) is 19.0. The largest absolute Gasteiger partial charge is 0.311 e. The van der Waals surface area contributed by atoms with Crippen LogP contribution in [0, 0.1) is 13.8 Å². The molecular formula is C98H113BN4S2. The molecule has 540 valence electrons. The molecule has 105 heavy (non-hydrogen) atoms. The van der Waals surface area contributed by atoms with Crippen LogP contribution in [0.25, 0.3) is 20.2 Å². The van der Waals surface area contributed by atoms with Crippen molar-refractivity contribution in [1.82, 2.24) is 0 Å². The molecule has 0 spiro atoms. The number of nitrogens with zero attached hydrogens (tertiary/aromatic N) is 4. The van der Waals surface area contributed by atoms with Gasteiger partial charge >= 0.3 is 0 Å². The number of anilines is 12. The lowest BCUT2D eigenvalue weighted by molar-refractivity contribution is 0.590. The summed E-state index contributed by atoms with van der Waals surface area (Å²) in [4.78, 5) is 10.0.